The zero-order chi connectivity index (χ0) is 10.7. The maximum atomic E-state index is 11.4. The molecule has 14 heavy (non-hydrogen) atoms. The fraction of sp³-hybridized carbons (Fsp3) is 0.600. The summed E-state index contributed by atoms with van der Waals surface area (Å²) in [7, 11) is 0. The number of aromatic amines is 1. The minimum absolute atomic E-state index is 0.0583. The Kier molecular flexibility index (Phi) is 3.28. The lowest BCUT2D eigenvalue weighted by Gasteiger charge is -2.04. The number of Topliss-reactive ketones (excluding diaryl/α,β-unsaturated/α-hetero) is 1. The van der Waals surface area contributed by atoms with Crippen molar-refractivity contribution in [2.75, 3.05) is 0 Å². The Morgan fingerprint density at radius 3 is 2.71 bits per heavy atom. The van der Waals surface area contributed by atoms with Crippen molar-refractivity contribution in [1.82, 2.24) is 9.78 Å². The molecule has 0 amide bonds. The molecule has 4 nitrogen and oxygen atoms in total. The summed E-state index contributed by atoms with van der Waals surface area (Å²) in [5.74, 6) is 0.472. The molecule has 1 N–H and O–H groups in total. The standard InChI is InChI=1S/C10H16N2O2/c1-7(2)6-12-10(14)5-9(11-12)4-8(3)13/h5,7,11H,4,6H2,1-3H3. The van der Waals surface area contributed by atoms with Crippen molar-refractivity contribution < 1.29 is 4.79 Å². The van der Waals surface area contributed by atoms with E-state index in [0.717, 1.165) is 0 Å². The second-order valence-electron chi connectivity index (χ2n) is 4.00. The van der Waals surface area contributed by atoms with Crippen molar-refractivity contribution in [3.63, 3.8) is 0 Å². The van der Waals surface area contributed by atoms with Crippen LogP contribution in [-0.4, -0.2) is 15.6 Å². The molecule has 1 rings (SSSR count). The average Bonchev–Trinajstić information content (AvgIpc) is 2.28. The fourth-order valence-corrected chi connectivity index (χ4v) is 1.35. The number of carbonyl (C=O) groups is 1. The third-order valence-corrected chi connectivity index (χ3v) is 1.83. The quantitative estimate of drug-likeness (QED) is 0.780. The van der Waals surface area contributed by atoms with Crippen LogP contribution in [-0.2, 0) is 17.8 Å². The molecule has 78 valence electrons. The fourth-order valence-electron chi connectivity index (χ4n) is 1.35. The number of ketones is 1. The SMILES string of the molecule is CC(=O)Cc1cc(=O)n(CC(C)C)[nH]1. The summed E-state index contributed by atoms with van der Waals surface area (Å²) in [6.07, 6.45) is 0.306. The predicted octanol–water partition coefficient (Wildman–Crippen LogP) is 0.964. The van der Waals surface area contributed by atoms with Crippen molar-refractivity contribution in [3.8, 4) is 0 Å². The van der Waals surface area contributed by atoms with Crippen LogP contribution in [0.4, 0.5) is 0 Å². The van der Waals surface area contributed by atoms with Crippen LogP contribution in [0, 0.1) is 5.92 Å². The van der Waals surface area contributed by atoms with Crippen molar-refractivity contribution >= 4 is 5.78 Å². The van der Waals surface area contributed by atoms with E-state index in [0.29, 0.717) is 24.6 Å². The molecular weight excluding hydrogens is 180 g/mol. The van der Waals surface area contributed by atoms with Crippen molar-refractivity contribution in [2.24, 2.45) is 5.92 Å². The number of aromatic nitrogens is 2. The van der Waals surface area contributed by atoms with Gasteiger partial charge in [-0.1, -0.05) is 13.8 Å². The third kappa shape index (κ3) is 2.87. The van der Waals surface area contributed by atoms with Gasteiger partial charge in [-0.25, -0.2) is 0 Å². The van der Waals surface area contributed by atoms with Gasteiger partial charge in [-0.05, 0) is 12.8 Å². The maximum absolute atomic E-state index is 11.4. The lowest BCUT2D eigenvalue weighted by molar-refractivity contribution is -0.116. The first-order valence-corrected chi connectivity index (χ1v) is 4.77. The van der Waals surface area contributed by atoms with E-state index in [1.54, 1.807) is 4.68 Å². The Morgan fingerprint density at radius 2 is 2.21 bits per heavy atom. The highest BCUT2D eigenvalue weighted by Gasteiger charge is 2.05. The smallest absolute Gasteiger partial charge is 0.266 e. The van der Waals surface area contributed by atoms with Gasteiger partial charge in [-0.2, -0.15) is 0 Å². The average molecular weight is 196 g/mol. The number of carbonyl (C=O) groups excluding carboxylic acids is 1. The highest BCUT2D eigenvalue weighted by Crippen LogP contribution is 1.97. The van der Waals surface area contributed by atoms with E-state index in [9.17, 15) is 9.59 Å². The Balaban J connectivity index is 2.82. The van der Waals surface area contributed by atoms with Crippen LogP contribution < -0.4 is 5.56 Å². The molecule has 0 aromatic carbocycles. The van der Waals surface area contributed by atoms with E-state index in [1.807, 2.05) is 13.8 Å². The lowest BCUT2D eigenvalue weighted by atomic mass is 10.2. The molecule has 1 heterocycles. The zero-order valence-corrected chi connectivity index (χ0v) is 8.83. The number of hydrogen-bond donors (Lipinski definition) is 1. The molecule has 0 saturated carbocycles. The van der Waals surface area contributed by atoms with Crippen LogP contribution in [0.15, 0.2) is 10.9 Å². The van der Waals surface area contributed by atoms with Crippen LogP contribution >= 0.6 is 0 Å². The molecule has 1 aromatic heterocycles. The highest BCUT2D eigenvalue weighted by atomic mass is 16.1. The topological polar surface area (TPSA) is 54.9 Å². The molecule has 0 aliphatic carbocycles. The Hall–Kier alpha value is -1.32. The normalized spacial score (nSPS) is 10.9. The molecule has 0 fully saturated rings. The highest BCUT2D eigenvalue weighted by molar-refractivity contribution is 5.77. The second kappa shape index (κ2) is 4.26. The summed E-state index contributed by atoms with van der Waals surface area (Å²) in [5.41, 5.74) is 0.637. The second-order valence-corrected chi connectivity index (χ2v) is 4.00. The van der Waals surface area contributed by atoms with Crippen molar-refractivity contribution in [1.29, 1.82) is 0 Å². The molecule has 4 heteroatoms. The minimum Gasteiger partial charge on any atom is -0.300 e. The van der Waals surface area contributed by atoms with Gasteiger partial charge in [0, 0.05) is 24.7 Å². The molecule has 0 saturated heterocycles. The van der Waals surface area contributed by atoms with Crippen LogP contribution in [0.1, 0.15) is 26.5 Å². The zero-order valence-electron chi connectivity index (χ0n) is 8.83. The van der Waals surface area contributed by atoms with Gasteiger partial charge in [-0.3, -0.25) is 19.4 Å². The number of nitrogens with one attached hydrogen (secondary N) is 1. The summed E-state index contributed by atoms with van der Waals surface area (Å²) in [6.45, 7) is 6.25. The largest absolute Gasteiger partial charge is 0.300 e. The lowest BCUT2D eigenvalue weighted by Crippen LogP contribution is -2.18. The Bertz CT molecular complexity index is 374. The molecule has 1 aromatic rings. The number of nitrogens with zero attached hydrogens (tertiary/aromatic N) is 1. The van der Waals surface area contributed by atoms with Crippen LogP contribution in [0.5, 0.6) is 0 Å². The molecule has 0 radical (unpaired) electrons. The molecule has 0 unspecified atom stereocenters. The van der Waals surface area contributed by atoms with Crippen molar-refractivity contribution in [2.45, 2.75) is 33.7 Å². The number of H-pyrrole nitrogens is 1. The minimum atomic E-state index is -0.0602. The summed E-state index contributed by atoms with van der Waals surface area (Å²) >= 11 is 0. The summed E-state index contributed by atoms with van der Waals surface area (Å²) in [5, 5.41) is 2.93. The van der Waals surface area contributed by atoms with Crippen LogP contribution in [0.3, 0.4) is 0 Å². The first-order valence-electron chi connectivity index (χ1n) is 4.77. The molecule has 0 spiro atoms. The van der Waals surface area contributed by atoms with E-state index in [-0.39, 0.29) is 11.3 Å². The van der Waals surface area contributed by atoms with Gasteiger partial charge >= 0.3 is 0 Å². The first kappa shape index (κ1) is 10.8. The molecule has 0 aliphatic heterocycles. The van der Waals surface area contributed by atoms with E-state index < -0.39 is 0 Å². The summed E-state index contributed by atoms with van der Waals surface area (Å²) in [4.78, 5) is 22.2. The molecular formula is C10H16N2O2. The number of rotatable bonds is 4. The van der Waals surface area contributed by atoms with Gasteiger partial charge in [-0.15, -0.1) is 0 Å². The maximum Gasteiger partial charge on any atom is 0.266 e. The third-order valence-electron chi connectivity index (χ3n) is 1.83. The molecule has 0 bridgehead atoms. The number of hydrogen-bond acceptors (Lipinski definition) is 2. The molecule has 0 atom stereocenters. The van der Waals surface area contributed by atoms with Gasteiger partial charge in [0.15, 0.2) is 0 Å². The van der Waals surface area contributed by atoms with E-state index in [1.165, 1.54) is 13.0 Å². The predicted molar refractivity (Wildman–Crippen MR) is 54.3 cm³/mol. The van der Waals surface area contributed by atoms with Gasteiger partial charge in [0.1, 0.15) is 5.78 Å². The van der Waals surface area contributed by atoms with E-state index in [4.69, 9.17) is 0 Å². The molecule has 0 aliphatic rings. The van der Waals surface area contributed by atoms with Gasteiger partial charge in [0.25, 0.3) is 5.56 Å². The van der Waals surface area contributed by atoms with Gasteiger partial charge in [0.2, 0.25) is 0 Å². The Morgan fingerprint density at radius 1 is 1.57 bits per heavy atom. The Labute approximate surface area is 82.9 Å². The van der Waals surface area contributed by atoms with Crippen LogP contribution in [0.2, 0.25) is 0 Å². The van der Waals surface area contributed by atoms with Gasteiger partial charge < -0.3 is 0 Å². The van der Waals surface area contributed by atoms with E-state index >= 15 is 0 Å². The summed E-state index contributed by atoms with van der Waals surface area (Å²) < 4.78 is 1.54. The van der Waals surface area contributed by atoms with Crippen molar-refractivity contribution in [3.05, 3.63) is 22.1 Å². The van der Waals surface area contributed by atoms with E-state index in [2.05, 4.69) is 5.10 Å². The van der Waals surface area contributed by atoms with Crippen LogP contribution in [0.25, 0.3) is 0 Å². The monoisotopic (exact) mass is 196 g/mol. The van der Waals surface area contributed by atoms with Gasteiger partial charge in [0.05, 0.1) is 0 Å². The first-order chi connectivity index (χ1) is 6.49. The summed E-state index contributed by atoms with van der Waals surface area (Å²) in [6, 6.07) is 1.49.